The minimum Gasteiger partial charge on any atom is -0.343 e. The maximum atomic E-state index is 12.8. The quantitative estimate of drug-likeness (QED) is 0.498. The zero-order chi connectivity index (χ0) is 22.4. The third-order valence-corrected chi connectivity index (χ3v) is 7.57. The van der Waals surface area contributed by atoms with E-state index in [2.05, 4.69) is 15.0 Å². The average molecular weight is 452 g/mol. The van der Waals surface area contributed by atoms with Gasteiger partial charge >= 0.3 is 5.69 Å². The molecule has 0 spiro atoms. The molecule has 0 unspecified atom stereocenters. The fraction of sp³-hybridized carbons (Fsp3) is 0.391. The van der Waals surface area contributed by atoms with Gasteiger partial charge in [0.2, 0.25) is 5.91 Å². The second-order valence-electron chi connectivity index (χ2n) is 8.41. The van der Waals surface area contributed by atoms with E-state index in [1.807, 2.05) is 47.6 Å². The third kappa shape index (κ3) is 3.56. The number of H-pyrrole nitrogens is 2. The van der Waals surface area contributed by atoms with Crippen LogP contribution in [0.1, 0.15) is 41.6 Å². The molecule has 166 valence electrons. The Morgan fingerprint density at radius 3 is 2.69 bits per heavy atom. The van der Waals surface area contributed by atoms with E-state index in [1.54, 1.807) is 0 Å². The average Bonchev–Trinajstić information content (AvgIpc) is 3.27. The van der Waals surface area contributed by atoms with E-state index in [1.165, 1.54) is 11.3 Å². The van der Waals surface area contributed by atoms with Crippen molar-refractivity contribution in [2.45, 2.75) is 45.6 Å². The number of amides is 1. The van der Waals surface area contributed by atoms with E-state index in [0.717, 1.165) is 39.1 Å². The molecule has 5 rings (SSSR count). The number of hydrogen-bond acceptors (Lipinski definition) is 5. The summed E-state index contributed by atoms with van der Waals surface area (Å²) in [6, 6.07) is 7.77. The Kier molecular flexibility index (Phi) is 5.21. The molecule has 0 atom stereocenters. The van der Waals surface area contributed by atoms with Crippen LogP contribution in [0.15, 0.2) is 33.9 Å². The van der Waals surface area contributed by atoms with Crippen LogP contribution in [0.25, 0.3) is 21.3 Å². The van der Waals surface area contributed by atoms with E-state index in [4.69, 9.17) is 0 Å². The first kappa shape index (κ1) is 20.7. The fourth-order valence-corrected chi connectivity index (χ4v) is 5.66. The van der Waals surface area contributed by atoms with Crippen LogP contribution in [0.5, 0.6) is 0 Å². The van der Waals surface area contributed by atoms with Crippen molar-refractivity contribution in [2.24, 2.45) is 0 Å². The third-order valence-electron chi connectivity index (χ3n) is 6.47. The zero-order valence-electron chi connectivity index (χ0n) is 18.1. The number of likely N-dealkylation sites (tertiary alicyclic amines) is 1. The van der Waals surface area contributed by atoms with E-state index >= 15 is 0 Å². The predicted octanol–water partition coefficient (Wildman–Crippen LogP) is 3.04. The highest BCUT2D eigenvalue weighted by molar-refractivity contribution is 7.18. The van der Waals surface area contributed by atoms with E-state index in [0.29, 0.717) is 37.1 Å². The molecule has 4 aromatic rings. The molecule has 32 heavy (non-hydrogen) atoms. The summed E-state index contributed by atoms with van der Waals surface area (Å²) in [5, 5.41) is 0.650. The number of fused-ring (bicyclic) bond motifs is 2. The number of nitrogens with one attached hydrogen (secondary N) is 2. The van der Waals surface area contributed by atoms with Gasteiger partial charge in [-0.05, 0) is 44.4 Å². The fourth-order valence-electron chi connectivity index (χ4n) is 4.61. The van der Waals surface area contributed by atoms with Crippen LogP contribution >= 0.6 is 11.3 Å². The summed E-state index contributed by atoms with van der Waals surface area (Å²) < 4.78 is 1.83. The molecule has 1 aliphatic rings. The Hall–Kier alpha value is -3.20. The van der Waals surface area contributed by atoms with E-state index < -0.39 is 0 Å². The minimum absolute atomic E-state index is 0.0519. The number of piperidine rings is 1. The minimum atomic E-state index is -0.135. The molecule has 4 heterocycles. The Bertz CT molecular complexity index is 1440. The second-order valence-corrected chi connectivity index (χ2v) is 9.61. The number of carbonyl (C=O) groups is 1. The number of aromatic nitrogens is 4. The number of aromatic amines is 2. The van der Waals surface area contributed by atoms with Gasteiger partial charge < -0.3 is 14.9 Å². The van der Waals surface area contributed by atoms with Gasteiger partial charge in [0.25, 0.3) is 5.56 Å². The number of benzene rings is 1. The number of rotatable bonds is 4. The van der Waals surface area contributed by atoms with Crippen LogP contribution in [0, 0.1) is 13.8 Å². The lowest BCUT2D eigenvalue weighted by molar-refractivity contribution is -0.132. The smallest absolute Gasteiger partial charge is 0.326 e. The molecule has 0 aliphatic carbocycles. The molecular weight excluding hydrogens is 426 g/mol. The Morgan fingerprint density at radius 1 is 1.16 bits per heavy atom. The summed E-state index contributed by atoms with van der Waals surface area (Å²) in [6.07, 6.45) is 2.18. The van der Waals surface area contributed by atoms with Crippen LogP contribution in [0.4, 0.5) is 0 Å². The van der Waals surface area contributed by atoms with Crippen molar-refractivity contribution in [3.63, 3.8) is 0 Å². The lowest BCUT2D eigenvalue weighted by atomic mass is 10.0. The summed E-state index contributed by atoms with van der Waals surface area (Å²) in [5.74, 6) is 0.605. The van der Waals surface area contributed by atoms with Gasteiger partial charge in [0.1, 0.15) is 10.7 Å². The van der Waals surface area contributed by atoms with Crippen molar-refractivity contribution in [2.75, 3.05) is 13.1 Å². The number of thiophene rings is 1. The van der Waals surface area contributed by atoms with Gasteiger partial charge in [-0.3, -0.25) is 14.2 Å². The summed E-state index contributed by atoms with van der Waals surface area (Å²) in [6.45, 7) is 5.14. The van der Waals surface area contributed by atoms with Gasteiger partial charge in [0, 0.05) is 36.9 Å². The number of hydrogen-bond donors (Lipinski definition) is 2. The normalized spacial score (nSPS) is 15.1. The molecule has 2 N–H and O–H groups in total. The SMILES string of the molecule is Cc1sc2nc(CCC(=O)N3CCC(n4c(=O)[nH]c5ccccc54)CC3)[nH]c(=O)c2c1C. The van der Waals surface area contributed by atoms with Gasteiger partial charge in [0.15, 0.2) is 0 Å². The topological polar surface area (TPSA) is 104 Å². The second kappa shape index (κ2) is 8.05. The number of aryl methyl sites for hydroxylation is 3. The van der Waals surface area contributed by atoms with Gasteiger partial charge in [-0.1, -0.05) is 12.1 Å². The lowest BCUT2D eigenvalue weighted by Crippen LogP contribution is -2.40. The van der Waals surface area contributed by atoms with Crippen LogP contribution in [0.2, 0.25) is 0 Å². The van der Waals surface area contributed by atoms with Crippen LogP contribution in [-0.2, 0) is 11.2 Å². The monoisotopic (exact) mass is 451 g/mol. The lowest BCUT2D eigenvalue weighted by Gasteiger charge is -2.32. The molecule has 1 aliphatic heterocycles. The van der Waals surface area contributed by atoms with Crippen molar-refractivity contribution in [1.82, 2.24) is 24.4 Å². The summed E-state index contributed by atoms with van der Waals surface area (Å²) in [7, 11) is 0. The number of carbonyl (C=O) groups excluding carboxylic acids is 1. The van der Waals surface area contributed by atoms with Crippen molar-refractivity contribution >= 4 is 38.5 Å². The molecule has 0 saturated carbocycles. The highest BCUT2D eigenvalue weighted by Gasteiger charge is 2.26. The van der Waals surface area contributed by atoms with E-state index in [9.17, 15) is 14.4 Å². The largest absolute Gasteiger partial charge is 0.343 e. The van der Waals surface area contributed by atoms with Gasteiger partial charge in [0.05, 0.1) is 16.4 Å². The predicted molar refractivity (Wildman–Crippen MR) is 125 cm³/mol. The van der Waals surface area contributed by atoms with Crippen molar-refractivity contribution in [3.8, 4) is 0 Å². The summed E-state index contributed by atoms with van der Waals surface area (Å²) in [5.41, 5.74) is 2.49. The molecule has 1 fully saturated rings. The van der Waals surface area contributed by atoms with Crippen LogP contribution in [0.3, 0.4) is 0 Å². The highest BCUT2D eigenvalue weighted by Crippen LogP contribution is 2.27. The Balaban J connectivity index is 1.23. The maximum Gasteiger partial charge on any atom is 0.326 e. The first-order chi connectivity index (χ1) is 15.4. The molecular formula is C23H25N5O3S. The molecule has 0 radical (unpaired) electrons. The number of para-hydroxylation sites is 2. The molecule has 1 saturated heterocycles. The number of imidazole rings is 1. The molecule has 1 aromatic carbocycles. The Labute approximate surface area is 187 Å². The molecule has 3 aromatic heterocycles. The van der Waals surface area contributed by atoms with Crippen LogP contribution in [-0.4, -0.2) is 43.4 Å². The summed E-state index contributed by atoms with van der Waals surface area (Å²) >= 11 is 1.51. The van der Waals surface area contributed by atoms with Gasteiger partial charge in [-0.15, -0.1) is 11.3 Å². The highest BCUT2D eigenvalue weighted by atomic mass is 32.1. The molecule has 1 amide bonds. The Morgan fingerprint density at radius 2 is 1.91 bits per heavy atom. The van der Waals surface area contributed by atoms with Crippen molar-refractivity contribution in [1.29, 1.82) is 0 Å². The first-order valence-electron chi connectivity index (χ1n) is 10.9. The maximum absolute atomic E-state index is 12.8. The van der Waals surface area contributed by atoms with E-state index in [-0.39, 0.29) is 23.2 Å². The summed E-state index contributed by atoms with van der Waals surface area (Å²) in [4.78, 5) is 51.7. The van der Waals surface area contributed by atoms with Crippen molar-refractivity contribution in [3.05, 3.63) is 61.4 Å². The van der Waals surface area contributed by atoms with Gasteiger partial charge in [-0.25, -0.2) is 9.78 Å². The standard InChI is InChI=1S/C23H25N5O3S/c1-13-14(2)32-22-20(13)21(30)25-18(26-22)7-8-19(29)27-11-9-15(10-12-27)28-17-6-4-3-5-16(17)24-23(28)31/h3-6,15H,7-12H2,1-2H3,(H,24,31)(H,25,26,30). The number of nitrogens with zero attached hydrogens (tertiary/aromatic N) is 3. The molecule has 0 bridgehead atoms. The first-order valence-corrected chi connectivity index (χ1v) is 11.7. The van der Waals surface area contributed by atoms with Crippen LogP contribution < -0.4 is 11.2 Å². The van der Waals surface area contributed by atoms with Gasteiger partial charge in [-0.2, -0.15) is 0 Å². The molecule has 9 heteroatoms. The van der Waals surface area contributed by atoms with Crippen molar-refractivity contribution < 1.29 is 4.79 Å². The molecule has 8 nitrogen and oxygen atoms in total. The zero-order valence-corrected chi connectivity index (χ0v) is 18.9.